The van der Waals surface area contributed by atoms with Crippen LogP contribution in [0, 0.1) is 0 Å². The Hall–Kier alpha value is -1.29. The number of methoxy groups -OCH3 is 1. The average Bonchev–Trinajstić information content (AvgIpc) is 2.46. The molecular weight excluding hydrogens is 306 g/mol. The Balaban J connectivity index is 1.97. The van der Waals surface area contributed by atoms with Crippen molar-refractivity contribution in [3.05, 3.63) is 30.3 Å². The summed E-state index contributed by atoms with van der Waals surface area (Å²) < 4.78 is 10.9. The normalized spacial score (nSPS) is 10.6. The van der Waals surface area contributed by atoms with E-state index in [2.05, 4.69) is 20.9 Å². The topological polar surface area (TPSA) is 31.4 Å². The molecule has 0 aliphatic heterocycles. The summed E-state index contributed by atoms with van der Waals surface area (Å²) in [5.41, 5.74) is 0.922. The van der Waals surface area contributed by atoms with Crippen molar-refractivity contribution in [2.45, 2.75) is 19.3 Å². The molecule has 0 spiro atoms. The van der Waals surface area contributed by atoms with Crippen molar-refractivity contribution < 1.29 is 9.47 Å². The van der Waals surface area contributed by atoms with Crippen LogP contribution in [0.4, 0.5) is 0 Å². The molecule has 0 amide bonds. The molecule has 0 aliphatic rings. The van der Waals surface area contributed by atoms with Gasteiger partial charge in [-0.25, -0.2) is 4.98 Å². The molecule has 0 aliphatic carbocycles. The first-order valence-electron chi connectivity index (χ1n) is 6.47. The van der Waals surface area contributed by atoms with Gasteiger partial charge in [0.25, 0.3) is 0 Å². The van der Waals surface area contributed by atoms with E-state index in [1.54, 1.807) is 7.11 Å². The van der Waals surface area contributed by atoms with Gasteiger partial charge in [0.2, 0.25) is 5.88 Å². The van der Waals surface area contributed by atoms with Crippen LogP contribution in [0.15, 0.2) is 30.3 Å². The van der Waals surface area contributed by atoms with E-state index in [4.69, 9.17) is 9.47 Å². The second-order valence-corrected chi connectivity index (χ2v) is 5.10. The Morgan fingerprint density at radius 2 is 2.00 bits per heavy atom. The second kappa shape index (κ2) is 7.34. The lowest BCUT2D eigenvalue weighted by molar-refractivity contribution is 0.307. The van der Waals surface area contributed by atoms with Crippen LogP contribution in [0.2, 0.25) is 0 Å². The Morgan fingerprint density at radius 3 is 2.79 bits per heavy atom. The molecule has 0 saturated carbocycles. The van der Waals surface area contributed by atoms with Crippen molar-refractivity contribution in [2.24, 2.45) is 0 Å². The number of hydrogen-bond acceptors (Lipinski definition) is 3. The molecule has 1 aromatic heterocycles. The smallest absolute Gasteiger partial charge is 0.213 e. The van der Waals surface area contributed by atoms with Crippen LogP contribution in [0.1, 0.15) is 19.3 Å². The van der Waals surface area contributed by atoms with Crippen LogP contribution in [0.25, 0.3) is 10.9 Å². The van der Waals surface area contributed by atoms with Gasteiger partial charge in [-0.1, -0.05) is 15.9 Å². The number of pyridine rings is 1. The predicted molar refractivity (Wildman–Crippen MR) is 81.4 cm³/mol. The molecule has 1 aromatic carbocycles. The third-order valence-corrected chi connectivity index (χ3v) is 3.45. The van der Waals surface area contributed by atoms with Crippen LogP contribution in [0.5, 0.6) is 11.6 Å². The first-order chi connectivity index (χ1) is 9.33. The fraction of sp³-hybridized carbons (Fsp3) is 0.400. The number of nitrogens with zero attached hydrogens (tertiary/aromatic N) is 1. The minimum Gasteiger partial charge on any atom is -0.494 e. The number of halogens is 1. The lowest BCUT2D eigenvalue weighted by Crippen LogP contribution is -1.97. The third kappa shape index (κ3) is 4.10. The summed E-state index contributed by atoms with van der Waals surface area (Å²) in [5.74, 6) is 1.54. The van der Waals surface area contributed by atoms with E-state index in [1.165, 1.54) is 12.8 Å². The van der Waals surface area contributed by atoms with Gasteiger partial charge in [-0.3, -0.25) is 0 Å². The Bertz CT molecular complexity index is 531. The maximum Gasteiger partial charge on any atom is 0.213 e. The zero-order valence-corrected chi connectivity index (χ0v) is 12.6. The first-order valence-corrected chi connectivity index (χ1v) is 7.59. The number of ether oxygens (including phenoxy) is 2. The highest BCUT2D eigenvalue weighted by Crippen LogP contribution is 2.22. The molecule has 3 nitrogen and oxygen atoms in total. The number of benzene rings is 1. The quantitative estimate of drug-likeness (QED) is 0.565. The molecule has 1 heterocycles. The van der Waals surface area contributed by atoms with Crippen LogP contribution < -0.4 is 9.47 Å². The highest BCUT2D eigenvalue weighted by atomic mass is 79.9. The van der Waals surface area contributed by atoms with Crippen molar-refractivity contribution in [1.29, 1.82) is 0 Å². The predicted octanol–water partition coefficient (Wildman–Crippen LogP) is 4.19. The number of hydrogen-bond donors (Lipinski definition) is 0. The van der Waals surface area contributed by atoms with Gasteiger partial charge < -0.3 is 9.47 Å². The van der Waals surface area contributed by atoms with Crippen LogP contribution in [0.3, 0.4) is 0 Å². The van der Waals surface area contributed by atoms with E-state index in [0.29, 0.717) is 5.88 Å². The van der Waals surface area contributed by atoms with Crippen molar-refractivity contribution in [2.75, 3.05) is 19.0 Å². The van der Waals surface area contributed by atoms with Crippen LogP contribution >= 0.6 is 15.9 Å². The van der Waals surface area contributed by atoms with Crippen molar-refractivity contribution in [3.63, 3.8) is 0 Å². The fourth-order valence-electron chi connectivity index (χ4n) is 1.85. The summed E-state index contributed by atoms with van der Waals surface area (Å²) in [6.07, 6.45) is 3.48. The summed E-state index contributed by atoms with van der Waals surface area (Å²) in [5, 5.41) is 2.13. The maximum atomic E-state index is 5.74. The third-order valence-electron chi connectivity index (χ3n) is 2.89. The Kier molecular flexibility index (Phi) is 5.45. The summed E-state index contributed by atoms with van der Waals surface area (Å²) >= 11 is 3.43. The van der Waals surface area contributed by atoms with Gasteiger partial charge in [0.15, 0.2) is 0 Å². The van der Waals surface area contributed by atoms with Gasteiger partial charge in [0.05, 0.1) is 19.2 Å². The standard InChI is InChI=1S/C15H18BrNO2/c1-18-15-8-5-12-11-13(6-7-14(12)17-15)19-10-4-2-3-9-16/h5-8,11H,2-4,9-10H2,1H3. The minimum atomic E-state index is 0.635. The van der Waals surface area contributed by atoms with Gasteiger partial charge >= 0.3 is 0 Å². The molecule has 0 bridgehead atoms. The van der Waals surface area contributed by atoms with E-state index in [1.807, 2.05) is 30.3 Å². The molecule has 0 saturated heterocycles. The molecule has 2 aromatic rings. The van der Waals surface area contributed by atoms with Gasteiger partial charge in [-0.05, 0) is 43.5 Å². The van der Waals surface area contributed by atoms with E-state index in [-0.39, 0.29) is 0 Å². The number of rotatable bonds is 7. The van der Waals surface area contributed by atoms with Crippen molar-refractivity contribution in [3.8, 4) is 11.6 Å². The second-order valence-electron chi connectivity index (χ2n) is 4.31. The van der Waals surface area contributed by atoms with Gasteiger partial charge in [0.1, 0.15) is 5.75 Å². The Morgan fingerprint density at radius 1 is 1.11 bits per heavy atom. The largest absolute Gasteiger partial charge is 0.494 e. The summed E-state index contributed by atoms with van der Waals surface area (Å²) in [6, 6.07) is 9.80. The first kappa shape index (κ1) is 14.1. The molecule has 102 valence electrons. The fourth-order valence-corrected chi connectivity index (χ4v) is 2.25. The van der Waals surface area contributed by atoms with Gasteiger partial charge in [0, 0.05) is 16.8 Å². The van der Waals surface area contributed by atoms with E-state index in [9.17, 15) is 0 Å². The highest BCUT2D eigenvalue weighted by Gasteiger charge is 2.00. The zero-order chi connectivity index (χ0) is 13.5. The van der Waals surface area contributed by atoms with Crippen LogP contribution in [-0.4, -0.2) is 24.0 Å². The SMILES string of the molecule is COc1ccc2cc(OCCCCCBr)ccc2n1. The lowest BCUT2D eigenvalue weighted by atomic mass is 10.2. The van der Waals surface area contributed by atoms with E-state index < -0.39 is 0 Å². The molecule has 0 N–H and O–H groups in total. The average molecular weight is 324 g/mol. The van der Waals surface area contributed by atoms with Gasteiger partial charge in [-0.2, -0.15) is 0 Å². The van der Waals surface area contributed by atoms with Gasteiger partial charge in [-0.15, -0.1) is 0 Å². The molecule has 4 heteroatoms. The summed E-state index contributed by atoms with van der Waals surface area (Å²) in [6.45, 7) is 0.766. The molecule has 19 heavy (non-hydrogen) atoms. The zero-order valence-electron chi connectivity index (χ0n) is 11.1. The van der Waals surface area contributed by atoms with Crippen molar-refractivity contribution in [1.82, 2.24) is 4.98 Å². The molecule has 0 fully saturated rings. The molecule has 0 unspecified atom stereocenters. The van der Waals surface area contributed by atoms with Crippen molar-refractivity contribution >= 4 is 26.8 Å². The Labute approximate surface area is 122 Å². The maximum absolute atomic E-state index is 5.74. The molecule has 2 rings (SSSR count). The lowest BCUT2D eigenvalue weighted by Gasteiger charge is -2.07. The van der Waals surface area contributed by atoms with E-state index >= 15 is 0 Å². The molecular formula is C15H18BrNO2. The number of alkyl halides is 1. The van der Waals surface area contributed by atoms with E-state index in [0.717, 1.165) is 35.0 Å². The summed E-state index contributed by atoms with van der Waals surface area (Å²) in [7, 11) is 1.62. The number of fused-ring (bicyclic) bond motifs is 1. The minimum absolute atomic E-state index is 0.635. The molecule has 0 atom stereocenters. The molecule has 0 radical (unpaired) electrons. The monoisotopic (exact) mass is 323 g/mol. The van der Waals surface area contributed by atoms with Crippen LogP contribution in [-0.2, 0) is 0 Å². The number of unbranched alkanes of at least 4 members (excludes halogenated alkanes) is 2. The number of aromatic nitrogens is 1. The highest BCUT2D eigenvalue weighted by molar-refractivity contribution is 9.09. The summed E-state index contributed by atoms with van der Waals surface area (Å²) in [4.78, 5) is 4.37.